The average Bonchev–Trinajstić information content (AvgIpc) is 2.51. The number of hydrogen-bond acceptors (Lipinski definition) is 4. The Labute approximate surface area is 116 Å². The summed E-state index contributed by atoms with van der Waals surface area (Å²) < 4.78 is 5.74. The number of nitrogens with zero attached hydrogens (tertiary/aromatic N) is 2. The lowest BCUT2D eigenvalue weighted by atomic mass is 10.1. The lowest BCUT2D eigenvalue weighted by Gasteiger charge is -2.07. The molecule has 0 atom stereocenters. The first-order valence-corrected chi connectivity index (χ1v) is 6.22. The van der Waals surface area contributed by atoms with Crippen LogP contribution >= 0.6 is 0 Å². The maximum absolute atomic E-state index is 5.74. The molecule has 20 heavy (non-hydrogen) atoms. The van der Waals surface area contributed by atoms with Gasteiger partial charge in [-0.25, -0.2) is 4.98 Å². The predicted octanol–water partition coefficient (Wildman–Crippen LogP) is 3.52. The Bertz CT molecular complexity index is 696. The summed E-state index contributed by atoms with van der Waals surface area (Å²) in [6.07, 6.45) is 3.32. The van der Waals surface area contributed by atoms with Gasteiger partial charge in [-0.1, -0.05) is 30.3 Å². The topological polar surface area (TPSA) is 61.0 Å². The minimum absolute atomic E-state index is 0.469. The highest BCUT2D eigenvalue weighted by Crippen LogP contribution is 2.25. The molecule has 0 aliphatic heterocycles. The highest BCUT2D eigenvalue weighted by atomic mass is 16.5. The molecule has 3 rings (SSSR count). The molecule has 98 valence electrons. The molecule has 0 aliphatic carbocycles. The number of ether oxygens (including phenoxy) is 1. The summed E-state index contributed by atoms with van der Waals surface area (Å²) in [4.78, 5) is 8.34. The van der Waals surface area contributed by atoms with Crippen molar-refractivity contribution < 1.29 is 4.74 Å². The van der Waals surface area contributed by atoms with Crippen LogP contribution in [0, 0.1) is 0 Å². The molecular weight excluding hydrogens is 250 g/mol. The van der Waals surface area contributed by atoms with Crippen molar-refractivity contribution in [2.75, 3.05) is 5.73 Å². The Hall–Kier alpha value is -2.88. The van der Waals surface area contributed by atoms with E-state index in [-0.39, 0.29) is 0 Å². The highest BCUT2D eigenvalue weighted by molar-refractivity contribution is 5.60. The van der Waals surface area contributed by atoms with E-state index in [0.717, 1.165) is 11.3 Å². The number of pyridine rings is 2. The number of nitrogen functional groups attached to an aromatic ring is 1. The monoisotopic (exact) mass is 263 g/mol. The Morgan fingerprint density at radius 3 is 2.45 bits per heavy atom. The molecule has 2 N–H and O–H groups in total. The fourth-order valence-electron chi connectivity index (χ4n) is 1.83. The van der Waals surface area contributed by atoms with Gasteiger partial charge in [0.25, 0.3) is 0 Å². The lowest BCUT2D eigenvalue weighted by molar-refractivity contribution is 0.480. The van der Waals surface area contributed by atoms with E-state index in [9.17, 15) is 0 Å². The summed E-state index contributed by atoms with van der Waals surface area (Å²) in [5.41, 5.74) is 7.46. The predicted molar refractivity (Wildman–Crippen MR) is 78.4 cm³/mol. The van der Waals surface area contributed by atoms with Gasteiger partial charge in [0.15, 0.2) is 0 Å². The van der Waals surface area contributed by atoms with Crippen LogP contribution in [-0.2, 0) is 0 Å². The van der Waals surface area contributed by atoms with Crippen molar-refractivity contribution >= 4 is 5.82 Å². The van der Waals surface area contributed by atoms with E-state index in [4.69, 9.17) is 10.5 Å². The van der Waals surface area contributed by atoms with Gasteiger partial charge in [0.2, 0.25) is 0 Å². The molecule has 0 unspecified atom stereocenters. The van der Waals surface area contributed by atoms with Crippen LogP contribution in [-0.4, -0.2) is 9.97 Å². The molecular formula is C16H13N3O. The lowest BCUT2D eigenvalue weighted by Crippen LogP contribution is -1.91. The molecule has 3 aromatic rings. The molecule has 1 aromatic carbocycles. The maximum Gasteiger partial charge on any atom is 0.145 e. The zero-order chi connectivity index (χ0) is 13.8. The Kier molecular flexibility index (Phi) is 3.29. The van der Waals surface area contributed by atoms with Crippen LogP contribution in [0.15, 0.2) is 67.0 Å². The SMILES string of the molecule is Nc1ccc(Oc2ccnc(-c3ccccc3)c2)cn1. The van der Waals surface area contributed by atoms with Crippen molar-refractivity contribution in [2.24, 2.45) is 0 Å². The fourth-order valence-corrected chi connectivity index (χ4v) is 1.83. The standard InChI is InChI=1S/C16H13N3O/c17-16-7-6-14(11-19-16)20-13-8-9-18-15(10-13)12-4-2-1-3-5-12/h1-11H,(H2,17,19). The van der Waals surface area contributed by atoms with Gasteiger partial charge in [0, 0.05) is 17.8 Å². The third kappa shape index (κ3) is 2.75. The number of anilines is 1. The summed E-state index contributed by atoms with van der Waals surface area (Å²) in [5.74, 6) is 1.83. The minimum atomic E-state index is 0.469. The van der Waals surface area contributed by atoms with E-state index in [1.165, 1.54) is 0 Å². The van der Waals surface area contributed by atoms with E-state index in [2.05, 4.69) is 9.97 Å². The van der Waals surface area contributed by atoms with Gasteiger partial charge in [-0.15, -0.1) is 0 Å². The molecule has 0 amide bonds. The van der Waals surface area contributed by atoms with Crippen molar-refractivity contribution in [1.82, 2.24) is 9.97 Å². The third-order valence-electron chi connectivity index (χ3n) is 2.80. The Morgan fingerprint density at radius 1 is 0.850 bits per heavy atom. The fraction of sp³-hybridized carbons (Fsp3) is 0. The highest BCUT2D eigenvalue weighted by Gasteiger charge is 2.02. The third-order valence-corrected chi connectivity index (χ3v) is 2.80. The maximum atomic E-state index is 5.74. The van der Waals surface area contributed by atoms with E-state index in [1.807, 2.05) is 42.5 Å². The first kappa shape index (κ1) is 12.2. The van der Waals surface area contributed by atoms with Crippen LogP contribution in [0.5, 0.6) is 11.5 Å². The van der Waals surface area contributed by atoms with E-state index in [0.29, 0.717) is 17.3 Å². The number of rotatable bonds is 3. The molecule has 0 bridgehead atoms. The smallest absolute Gasteiger partial charge is 0.145 e. The molecule has 0 aliphatic rings. The van der Waals surface area contributed by atoms with Crippen LogP contribution in [0.2, 0.25) is 0 Å². The molecule has 4 heteroatoms. The number of hydrogen-bond donors (Lipinski definition) is 1. The van der Waals surface area contributed by atoms with Gasteiger partial charge < -0.3 is 10.5 Å². The van der Waals surface area contributed by atoms with Gasteiger partial charge in [-0.3, -0.25) is 4.98 Å². The first-order chi connectivity index (χ1) is 9.81. The summed E-state index contributed by atoms with van der Waals surface area (Å²) in [5, 5.41) is 0. The number of nitrogens with two attached hydrogens (primary N) is 1. The molecule has 0 spiro atoms. The van der Waals surface area contributed by atoms with Gasteiger partial charge in [-0.05, 0) is 18.2 Å². The molecule has 2 aromatic heterocycles. The summed E-state index contributed by atoms with van der Waals surface area (Å²) in [6.45, 7) is 0. The van der Waals surface area contributed by atoms with Crippen molar-refractivity contribution in [3.8, 4) is 22.8 Å². The first-order valence-electron chi connectivity index (χ1n) is 6.22. The van der Waals surface area contributed by atoms with Crippen molar-refractivity contribution in [3.63, 3.8) is 0 Å². The molecule has 0 saturated heterocycles. The largest absolute Gasteiger partial charge is 0.456 e. The zero-order valence-electron chi connectivity index (χ0n) is 10.7. The summed E-state index contributed by atoms with van der Waals surface area (Å²) >= 11 is 0. The van der Waals surface area contributed by atoms with Crippen LogP contribution in [0.4, 0.5) is 5.82 Å². The zero-order valence-corrected chi connectivity index (χ0v) is 10.7. The van der Waals surface area contributed by atoms with E-state index in [1.54, 1.807) is 24.5 Å². The quantitative estimate of drug-likeness (QED) is 0.785. The van der Waals surface area contributed by atoms with Crippen LogP contribution in [0.25, 0.3) is 11.3 Å². The van der Waals surface area contributed by atoms with Gasteiger partial charge in [0.1, 0.15) is 17.3 Å². The second-order valence-corrected chi connectivity index (χ2v) is 4.26. The molecule has 0 fully saturated rings. The second kappa shape index (κ2) is 5.40. The van der Waals surface area contributed by atoms with Gasteiger partial charge >= 0.3 is 0 Å². The summed E-state index contributed by atoms with van der Waals surface area (Å²) in [6, 6.07) is 17.1. The van der Waals surface area contributed by atoms with Crippen LogP contribution in [0.3, 0.4) is 0 Å². The summed E-state index contributed by atoms with van der Waals surface area (Å²) in [7, 11) is 0. The molecule has 2 heterocycles. The molecule has 4 nitrogen and oxygen atoms in total. The second-order valence-electron chi connectivity index (χ2n) is 4.26. The average molecular weight is 263 g/mol. The normalized spacial score (nSPS) is 10.2. The van der Waals surface area contributed by atoms with E-state index >= 15 is 0 Å². The minimum Gasteiger partial charge on any atom is -0.456 e. The van der Waals surface area contributed by atoms with Gasteiger partial charge in [0.05, 0.1) is 11.9 Å². The molecule has 0 saturated carbocycles. The number of aromatic nitrogens is 2. The Morgan fingerprint density at radius 2 is 1.70 bits per heavy atom. The molecule has 0 radical (unpaired) electrons. The van der Waals surface area contributed by atoms with Crippen LogP contribution in [0.1, 0.15) is 0 Å². The van der Waals surface area contributed by atoms with Crippen LogP contribution < -0.4 is 10.5 Å². The Balaban J connectivity index is 1.86. The van der Waals surface area contributed by atoms with Crippen molar-refractivity contribution in [2.45, 2.75) is 0 Å². The van der Waals surface area contributed by atoms with E-state index < -0.39 is 0 Å². The van der Waals surface area contributed by atoms with Crippen molar-refractivity contribution in [3.05, 3.63) is 67.0 Å². The van der Waals surface area contributed by atoms with Gasteiger partial charge in [-0.2, -0.15) is 0 Å². The van der Waals surface area contributed by atoms with Crippen molar-refractivity contribution in [1.29, 1.82) is 0 Å². The number of benzene rings is 1.